The number of aliphatic hydroxyl groups excluding tert-OH is 1. The van der Waals surface area contributed by atoms with Crippen LogP contribution in [0.5, 0.6) is 0 Å². The molecule has 3 heteroatoms. The van der Waals surface area contributed by atoms with Gasteiger partial charge < -0.3 is 5.11 Å². The van der Waals surface area contributed by atoms with Crippen LogP contribution < -0.4 is 0 Å². The molecular formula is C27H40N2O. The third-order valence-electron chi connectivity index (χ3n) is 10.3. The molecule has 30 heavy (non-hydrogen) atoms. The second kappa shape index (κ2) is 7.73. The van der Waals surface area contributed by atoms with Crippen molar-refractivity contribution >= 4 is 0 Å². The van der Waals surface area contributed by atoms with Crippen LogP contribution in [0.4, 0.5) is 0 Å². The Balaban J connectivity index is 1.31. The number of allylic oxidation sites excluding steroid dienone is 1. The average Bonchev–Trinajstić information content (AvgIpc) is 3.10. The molecule has 4 aliphatic rings. The van der Waals surface area contributed by atoms with Gasteiger partial charge >= 0.3 is 0 Å². The first kappa shape index (κ1) is 20.7. The van der Waals surface area contributed by atoms with Gasteiger partial charge in [0.05, 0.1) is 6.10 Å². The van der Waals surface area contributed by atoms with Gasteiger partial charge in [0.25, 0.3) is 0 Å². The molecule has 1 unspecified atom stereocenters. The number of hydrogen-bond acceptors (Lipinski definition) is 3. The van der Waals surface area contributed by atoms with Gasteiger partial charge in [-0.15, -0.1) is 0 Å². The smallest absolute Gasteiger partial charge is 0.115 e. The summed E-state index contributed by atoms with van der Waals surface area (Å²) in [5.41, 5.74) is 3.76. The minimum Gasteiger partial charge on any atom is -0.393 e. The van der Waals surface area contributed by atoms with E-state index in [-0.39, 0.29) is 6.10 Å². The van der Waals surface area contributed by atoms with E-state index in [0.29, 0.717) is 10.8 Å². The summed E-state index contributed by atoms with van der Waals surface area (Å²) in [6.07, 6.45) is 20.5. The highest BCUT2D eigenvalue weighted by molar-refractivity contribution is 5.25. The third-order valence-corrected chi connectivity index (χ3v) is 10.3. The van der Waals surface area contributed by atoms with Crippen LogP contribution in [0.25, 0.3) is 0 Å². The minimum atomic E-state index is -0.0959. The Labute approximate surface area is 182 Å². The maximum absolute atomic E-state index is 10.2. The maximum atomic E-state index is 10.2. The van der Waals surface area contributed by atoms with Crippen molar-refractivity contribution in [1.82, 2.24) is 9.97 Å². The van der Waals surface area contributed by atoms with Gasteiger partial charge in [-0.25, -0.2) is 9.97 Å². The molecule has 0 radical (unpaired) electrons. The summed E-state index contributed by atoms with van der Waals surface area (Å²) < 4.78 is 0. The van der Waals surface area contributed by atoms with Crippen molar-refractivity contribution in [3.05, 3.63) is 35.9 Å². The van der Waals surface area contributed by atoms with Crippen LogP contribution >= 0.6 is 0 Å². The molecule has 1 aromatic rings. The Bertz CT molecular complexity index is 791. The fourth-order valence-electron chi connectivity index (χ4n) is 8.67. The SMILES string of the molecule is CC(CCc1cncnc1)[C@H]1CC[C@H]2[C@@H]3CC=C4C[C@@H](O)CC[C@]4(C)[C@H]3CC[C@]12C. The van der Waals surface area contributed by atoms with Gasteiger partial charge in [0.1, 0.15) is 6.33 Å². The van der Waals surface area contributed by atoms with Gasteiger partial charge in [-0.1, -0.05) is 32.4 Å². The van der Waals surface area contributed by atoms with Crippen molar-refractivity contribution in [2.45, 2.75) is 91.1 Å². The quantitative estimate of drug-likeness (QED) is 0.623. The number of hydrogen-bond donors (Lipinski definition) is 1. The molecule has 8 atom stereocenters. The van der Waals surface area contributed by atoms with Crippen LogP contribution in [0.3, 0.4) is 0 Å². The van der Waals surface area contributed by atoms with Crippen LogP contribution in [0, 0.1) is 40.4 Å². The van der Waals surface area contributed by atoms with E-state index in [1.54, 1.807) is 11.9 Å². The van der Waals surface area contributed by atoms with E-state index in [9.17, 15) is 5.11 Å². The first-order chi connectivity index (χ1) is 14.4. The number of aliphatic hydroxyl groups is 1. The van der Waals surface area contributed by atoms with Gasteiger partial charge in [0.15, 0.2) is 0 Å². The molecule has 0 amide bonds. The molecule has 0 aliphatic heterocycles. The molecule has 4 aliphatic carbocycles. The van der Waals surface area contributed by atoms with E-state index in [1.807, 2.05) is 12.4 Å². The predicted molar refractivity (Wildman–Crippen MR) is 121 cm³/mol. The van der Waals surface area contributed by atoms with E-state index in [4.69, 9.17) is 0 Å². The van der Waals surface area contributed by atoms with Gasteiger partial charge in [-0.3, -0.25) is 0 Å². The molecule has 1 aromatic heterocycles. The van der Waals surface area contributed by atoms with Crippen molar-refractivity contribution in [3.8, 4) is 0 Å². The summed E-state index contributed by atoms with van der Waals surface area (Å²) >= 11 is 0. The zero-order valence-corrected chi connectivity index (χ0v) is 19.2. The van der Waals surface area contributed by atoms with E-state index in [0.717, 1.165) is 48.9 Å². The molecular weight excluding hydrogens is 368 g/mol. The lowest BCUT2D eigenvalue weighted by molar-refractivity contribution is -0.0571. The molecule has 1 heterocycles. The molecule has 1 N–H and O–H groups in total. The lowest BCUT2D eigenvalue weighted by Crippen LogP contribution is -2.50. The summed E-state index contributed by atoms with van der Waals surface area (Å²) in [7, 11) is 0. The minimum absolute atomic E-state index is 0.0959. The van der Waals surface area contributed by atoms with Crippen molar-refractivity contribution in [2.24, 2.45) is 40.4 Å². The Morgan fingerprint density at radius 3 is 2.67 bits per heavy atom. The molecule has 3 fully saturated rings. The van der Waals surface area contributed by atoms with Crippen LogP contribution in [-0.4, -0.2) is 21.2 Å². The summed E-state index contributed by atoms with van der Waals surface area (Å²) in [5.74, 6) is 4.24. The molecule has 3 saturated carbocycles. The molecule has 5 rings (SSSR count). The van der Waals surface area contributed by atoms with E-state index in [2.05, 4.69) is 36.8 Å². The number of aryl methyl sites for hydroxylation is 1. The summed E-state index contributed by atoms with van der Waals surface area (Å²) in [6.45, 7) is 7.71. The number of rotatable bonds is 4. The number of aromatic nitrogens is 2. The van der Waals surface area contributed by atoms with Crippen molar-refractivity contribution in [1.29, 1.82) is 0 Å². The Morgan fingerprint density at radius 2 is 1.87 bits per heavy atom. The highest BCUT2D eigenvalue weighted by atomic mass is 16.3. The lowest BCUT2D eigenvalue weighted by Gasteiger charge is -2.58. The first-order valence-electron chi connectivity index (χ1n) is 12.5. The monoisotopic (exact) mass is 408 g/mol. The first-order valence-corrected chi connectivity index (χ1v) is 12.5. The summed E-state index contributed by atoms with van der Waals surface area (Å²) in [4.78, 5) is 8.39. The summed E-state index contributed by atoms with van der Waals surface area (Å²) in [5, 5.41) is 10.2. The van der Waals surface area contributed by atoms with E-state index in [1.165, 1.54) is 50.5 Å². The van der Waals surface area contributed by atoms with Crippen LogP contribution in [0.1, 0.15) is 84.1 Å². The van der Waals surface area contributed by atoms with Gasteiger partial charge in [0.2, 0.25) is 0 Å². The van der Waals surface area contributed by atoms with Crippen LogP contribution in [0.15, 0.2) is 30.4 Å². The third kappa shape index (κ3) is 3.27. The number of nitrogens with zero attached hydrogens (tertiary/aromatic N) is 2. The van der Waals surface area contributed by atoms with Gasteiger partial charge in [0, 0.05) is 12.4 Å². The Kier molecular flexibility index (Phi) is 5.32. The van der Waals surface area contributed by atoms with Crippen LogP contribution in [0.2, 0.25) is 0 Å². The molecule has 0 spiro atoms. The number of fused-ring (bicyclic) bond motifs is 5. The Hall–Kier alpha value is -1.22. The largest absolute Gasteiger partial charge is 0.393 e. The van der Waals surface area contributed by atoms with Gasteiger partial charge in [-0.2, -0.15) is 0 Å². The average molecular weight is 409 g/mol. The topological polar surface area (TPSA) is 46.0 Å². The van der Waals surface area contributed by atoms with Gasteiger partial charge in [-0.05, 0) is 110 Å². The van der Waals surface area contributed by atoms with Crippen molar-refractivity contribution < 1.29 is 5.11 Å². The highest BCUT2D eigenvalue weighted by Gasteiger charge is 2.59. The summed E-state index contributed by atoms with van der Waals surface area (Å²) in [6, 6.07) is 0. The fraction of sp³-hybridized carbons (Fsp3) is 0.778. The molecule has 3 nitrogen and oxygen atoms in total. The predicted octanol–water partition coefficient (Wildman–Crippen LogP) is 5.99. The molecule has 0 aromatic carbocycles. The normalized spacial score (nSPS) is 43.9. The molecule has 0 saturated heterocycles. The fourth-order valence-corrected chi connectivity index (χ4v) is 8.67. The maximum Gasteiger partial charge on any atom is 0.115 e. The second-order valence-electron chi connectivity index (χ2n) is 11.6. The zero-order chi connectivity index (χ0) is 20.9. The lowest BCUT2D eigenvalue weighted by atomic mass is 9.47. The van der Waals surface area contributed by atoms with Crippen molar-refractivity contribution in [2.75, 3.05) is 0 Å². The molecule has 0 bridgehead atoms. The second-order valence-corrected chi connectivity index (χ2v) is 11.6. The molecule has 164 valence electrons. The standard InChI is InChI=1S/C27H40N2O/c1-18(4-5-19-15-28-17-29-16-19)23-8-9-24-22-7-6-20-14-21(30)10-12-26(20,2)25(22)11-13-27(23,24)3/h6,15-18,21-25,30H,4-5,7-14H2,1-3H3/t18?,21-,22-,23+,24-,25-,26-,27+/m0/s1. The highest BCUT2D eigenvalue weighted by Crippen LogP contribution is 2.67. The van der Waals surface area contributed by atoms with E-state index >= 15 is 0 Å². The Morgan fingerprint density at radius 1 is 1.07 bits per heavy atom. The van der Waals surface area contributed by atoms with Crippen LogP contribution in [-0.2, 0) is 6.42 Å². The van der Waals surface area contributed by atoms with Crippen molar-refractivity contribution in [3.63, 3.8) is 0 Å². The zero-order valence-electron chi connectivity index (χ0n) is 19.2. The van der Waals surface area contributed by atoms with E-state index < -0.39 is 0 Å².